The van der Waals surface area contributed by atoms with Crippen molar-refractivity contribution in [1.82, 2.24) is 31.2 Å². The van der Waals surface area contributed by atoms with Gasteiger partial charge in [-0.25, -0.2) is 0 Å². The zero-order chi connectivity index (χ0) is 67.6. The Balaban J connectivity index is 0.966. The molecule has 3 heterocycles. The number of carbonyl (C=O) groups is 8. The van der Waals surface area contributed by atoms with Gasteiger partial charge in [-0.2, -0.15) is 0 Å². The van der Waals surface area contributed by atoms with E-state index in [1.807, 2.05) is 24.3 Å². The molecule has 1 fully saturated rings. The van der Waals surface area contributed by atoms with Crippen LogP contribution in [0.5, 0.6) is 40.5 Å². The maximum Gasteiger partial charge on any atom is 0.310 e. The van der Waals surface area contributed by atoms with Gasteiger partial charge in [0, 0.05) is 68.0 Å². The van der Waals surface area contributed by atoms with Gasteiger partial charge in [-0.15, -0.1) is 11.8 Å². The number of amides is 7. The number of ether oxygens (including phenoxy) is 6. The van der Waals surface area contributed by atoms with E-state index < -0.39 is 101 Å². The number of primary amides is 1. The van der Waals surface area contributed by atoms with Crippen LogP contribution in [0.4, 0.5) is 11.4 Å². The Hall–Kier alpha value is -9.36. The van der Waals surface area contributed by atoms with Gasteiger partial charge in [0.1, 0.15) is 24.2 Å². The summed E-state index contributed by atoms with van der Waals surface area (Å²) in [6, 6.07) is 9.01. The van der Waals surface area contributed by atoms with Gasteiger partial charge in [0.15, 0.2) is 34.8 Å². The number of nitrogens with two attached hydrogens (primary N) is 5. The second-order valence-electron chi connectivity index (χ2n) is 22.8. The first-order chi connectivity index (χ1) is 44.5. The lowest BCUT2D eigenvalue weighted by molar-refractivity contribution is -0.141. The van der Waals surface area contributed by atoms with Gasteiger partial charge in [0.2, 0.25) is 59.8 Å². The molecule has 10 atom stereocenters. The van der Waals surface area contributed by atoms with Crippen LogP contribution in [0.1, 0.15) is 100 Å². The Morgan fingerprint density at radius 3 is 1.99 bits per heavy atom. The third-order valence-corrected chi connectivity index (χ3v) is 17.7. The number of unbranched alkanes of at least 4 members (excludes halogenated alkanes) is 1. The number of aliphatic imine (C=N–C) groups is 1. The minimum Gasteiger partial charge on any atom is -0.494 e. The van der Waals surface area contributed by atoms with E-state index in [0.717, 1.165) is 33.0 Å². The number of cyclic esters (lactones) is 1. The second-order valence-corrected chi connectivity index (χ2v) is 23.8. The van der Waals surface area contributed by atoms with Crippen LogP contribution >= 0.6 is 11.8 Å². The lowest BCUT2D eigenvalue weighted by Gasteiger charge is -2.40. The van der Waals surface area contributed by atoms with E-state index in [1.54, 1.807) is 38.1 Å². The largest absolute Gasteiger partial charge is 0.494 e. The highest BCUT2D eigenvalue weighted by molar-refractivity contribution is 7.99. The molecule has 7 amide bonds. The van der Waals surface area contributed by atoms with Crippen molar-refractivity contribution >= 4 is 76.4 Å². The minimum absolute atomic E-state index is 0.0329. The number of esters is 1. The van der Waals surface area contributed by atoms with Gasteiger partial charge in [0.05, 0.1) is 50.8 Å². The minimum atomic E-state index is -1.45. The predicted octanol–water partition coefficient (Wildman–Crippen LogP) is 1.37. The predicted molar refractivity (Wildman–Crippen MR) is 343 cm³/mol. The highest BCUT2D eigenvalue weighted by Gasteiger charge is 2.53. The molecule has 0 radical (unpaired) electrons. The summed E-state index contributed by atoms with van der Waals surface area (Å²) in [6.07, 6.45) is 1.10. The second kappa shape index (κ2) is 33.3. The maximum absolute atomic E-state index is 14.1. The summed E-state index contributed by atoms with van der Waals surface area (Å²) in [5, 5.41) is 41.7. The molecule has 1 unspecified atom stereocenters. The van der Waals surface area contributed by atoms with Crippen molar-refractivity contribution in [3.63, 3.8) is 0 Å². The van der Waals surface area contributed by atoms with Crippen LogP contribution in [0.15, 0.2) is 64.5 Å². The quantitative estimate of drug-likeness (QED) is 0.0102. The first-order valence-corrected chi connectivity index (χ1v) is 31.6. The van der Waals surface area contributed by atoms with Crippen molar-refractivity contribution in [1.29, 1.82) is 0 Å². The third kappa shape index (κ3) is 18.0. The molecule has 93 heavy (non-hydrogen) atoms. The number of benzene rings is 3. The average Bonchev–Trinajstić information content (AvgIpc) is 1.71. The number of anilines is 2. The number of nitrogens with one attached hydrogen (secondary N) is 7. The number of guanidine groups is 1. The molecular formula is C62H86N14O16S. The van der Waals surface area contributed by atoms with Gasteiger partial charge in [-0.05, 0) is 116 Å². The molecule has 3 aromatic carbocycles. The number of rotatable bonds is 35. The summed E-state index contributed by atoms with van der Waals surface area (Å²) >= 11 is 0.911. The van der Waals surface area contributed by atoms with Crippen LogP contribution in [0.2, 0.25) is 0 Å². The summed E-state index contributed by atoms with van der Waals surface area (Å²) in [6.45, 7) is 3.96. The zero-order valence-electron chi connectivity index (χ0n) is 52.9. The monoisotopic (exact) mass is 1310 g/mol. The number of hydrogen-bond donors (Lipinski definition) is 14. The molecule has 1 aliphatic carbocycles. The van der Waals surface area contributed by atoms with Crippen molar-refractivity contribution in [2.45, 2.75) is 125 Å². The Labute approximate surface area is 542 Å². The molecule has 4 aromatic rings. The molecule has 0 saturated carbocycles. The SMILES string of the molecule is CCC(C)[C@H](NC(=O)[C@H](CCC(N)=O)NC(=O)[C@H](CCCN=C(N)N)NC(=O)[C@@H](N)CSc1cc(O)n(CCC(=O)Nc2ccc(N[C@@H]3c4cc5c(cc4[C@@H](c4cc(OC)c(OC)c(OC)c4)[C@H]4C(=O)OC[C@@H]43)OCO5)cc2)c1O)C(=O)N[C@@H](CCCCN)C(=O)NC. The van der Waals surface area contributed by atoms with Crippen molar-refractivity contribution < 1.29 is 77.0 Å². The van der Waals surface area contributed by atoms with Gasteiger partial charge in [-0.1, -0.05) is 20.3 Å². The number of aromatic hydroxyl groups is 2. The average molecular weight is 1320 g/mol. The highest BCUT2D eigenvalue weighted by atomic mass is 32.2. The van der Waals surface area contributed by atoms with Gasteiger partial charge in [-0.3, -0.25) is 47.9 Å². The molecule has 2 aliphatic heterocycles. The smallest absolute Gasteiger partial charge is 0.310 e. The van der Waals surface area contributed by atoms with Crippen molar-refractivity contribution in [3.8, 4) is 40.5 Å². The number of carbonyl (C=O) groups excluding carboxylic acids is 8. The fourth-order valence-electron chi connectivity index (χ4n) is 11.4. The number of fused-ring (bicyclic) bond motifs is 3. The first kappa shape index (κ1) is 71.1. The lowest BCUT2D eigenvalue weighted by Crippen LogP contribution is -2.60. The standard InChI is InChI=1S/C62H86N14O16S/c1-7-31(2)52(59(84)74-39(56(81)68-3)11-8-9-20-63)75-58(83)41(17-18-47(65)77)73-57(82)40(12-10-21-69-62(66)67)72-55(80)38(64)29-93-46-27-49(79)76(60(46)85)22-19-48(78)70-33-13-15-34(16-14-33)71-53-36-26-43-42(91-30-92-43)25-35(36)50(51-37(53)28-90-61(51)86)32-23-44(87-4)54(89-6)45(24-32)88-5/h13-16,23-27,31,37-41,50-53,71,79,85H,7-12,17-22,28-30,63-64H2,1-6H3,(H2,65,77)(H,68,81)(H,70,78)(H,72,80)(H,73,82)(H,74,84)(H,75,83)(H4,66,67,69)/t31?,37-,38-,39-,40-,41-,50+,51-,52-,53+/m0/s1. The summed E-state index contributed by atoms with van der Waals surface area (Å²) in [5.41, 5.74) is 32.0. The number of methoxy groups -OCH3 is 3. The fraction of sp³-hybridized carbons (Fsp3) is 0.500. The summed E-state index contributed by atoms with van der Waals surface area (Å²) in [7, 11) is 5.99. The van der Waals surface area contributed by atoms with Crippen LogP contribution in [0.25, 0.3) is 0 Å². The van der Waals surface area contributed by atoms with Crippen LogP contribution in [-0.2, 0) is 49.6 Å². The zero-order valence-corrected chi connectivity index (χ0v) is 53.7. The Bertz CT molecular complexity index is 3340. The Kier molecular flexibility index (Phi) is 25.4. The maximum atomic E-state index is 14.1. The molecule has 3 aliphatic rings. The summed E-state index contributed by atoms with van der Waals surface area (Å²) in [5.74, 6) is -6.01. The molecule has 19 N–H and O–H groups in total. The topological polar surface area (TPSA) is 464 Å². The van der Waals surface area contributed by atoms with Crippen molar-refractivity contribution in [2.75, 3.05) is 71.3 Å². The molecule has 0 spiro atoms. The Morgan fingerprint density at radius 1 is 0.753 bits per heavy atom. The molecule has 7 rings (SSSR count). The normalized spacial score (nSPS) is 17.9. The van der Waals surface area contributed by atoms with E-state index in [-0.39, 0.29) is 99.4 Å². The first-order valence-electron chi connectivity index (χ1n) is 30.6. The number of nitrogens with zero attached hydrogens (tertiary/aromatic N) is 2. The van der Waals surface area contributed by atoms with Gasteiger partial charge < -0.3 is 105 Å². The molecule has 0 bridgehead atoms. The molecular weight excluding hydrogens is 1230 g/mol. The van der Waals surface area contributed by atoms with Gasteiger partial charge >= 0.3 is 5.97 Å². The highest BCUT2D eigenvalue weighted by Crippen LogP contribution is 2.56. The Morgan fingerprint density at radius 2 is 1.37 bits per heavy atom. The molecule has 506 valence electrons. The van der Waals surface area contributed by atoms with E-state index in [4.69, 9.17) is 57.1 Å². The van der Waals surface area contributed by atoms with Crippen molar-refractivity contribution in [2.24, 2.45) is 51.4 Å². The van der Waals surface area contributed by atoms with E-state index >= 15 is 0 Å². The third-order valence-electron chi connectivity index (χ3n) is 16.6. The van der Waals surface area contributed by atoms with E-state index in [0.29, 0.717) is 65.9 Å². The molecule has 1 saturated heterocycles. The number of aromatic nitrogens is 1. The van der Waals surface area contributed by atoms with E-state index in [9.17, 15) is 48.6 Å². The van der Waals surface area contributed by atoms with E-state index in [2.05, 4.69) is 42.2 Å². The van der Waals surface area contributed by atoms with Gasteiger partial charge in [0.25, 0.3) is 0 Å². The van der Waals surface area contributed by atoms with Crippen LogP contribution in [-0.4, -0.2) is 159 Å². The molecule has 30 nitrogen and oxygen atoms in total. The number of hydrogen-bond acceptors (Lipinski definition) is 21. The summed E-state index contributed by atoms with van der Waals surface area (Å²) < 4.78 is 35.5. The lowest BCUT2D eigenvalue weighted by atomic mass is 9.65. The van der Waals surface area contributed by atoms with Crippen LogP contribution < -0.4 is 89.6 Å². The van der Waals surface area contributed by atoms with Crippen molar-refractivity contribution in [3.05, 3.63) is 71.3 Å². The summed E-state index contributed by atoms with van der Waals surface area (Å²) in [4.78, 5) is 112. The fourth-order valence-corrected chi connectivity index (χ4v) is 12.3. The van der Waals surface area contributed by atoms with Crippen LogP contribution in [0, 0.1) is 17.8 Å². The molecule has 31 heteroatoms. The van der Waals surface area contributed by atoms with Crippen LogP contribution in [0.3, 0.4) is 0 Å². The van der Waals surface area contributed by atoms with E-state index in [1.165, 1.54) is 34.4 Å². The molecule has 1 aromatic heterocycles. The number of likely N-dealkylation sites (N-methyl/N-ethyl adjacent to an activating group) is 1. The number of thioether (sulfide) groups is 1.